The second kappa shape index (κ2) is 5.72. The highest BCUT2D eigenvalue weighted by molar-refractivity contribution is 6.06. The van der Waals surface area contributed by atoms with Crippen LogP contribution in [0.4, 0.5) is 5.69 Å². The van der Waals surface area contributed by atoms with Gasteiger partial charge in [0.1, 0.15) is 0 Å². The number of carbonyl (C=O) groups excluding carboxylic acids is 1. The summed E-state index contributed by atoms with van der Waals surface area (Å²) in [6.45, 7) is 0.754. The summed E-state index contributed by atoms with van der Waals surface area (Å²) in [5.74, 6) is 0.0126. The lowest BCUT2D eigenvalue weighted by Gasteiger charge is -2.29. The van der Waals surface area contributed by atoms with Crippen LogP contribution < -0.4 is 4.90 Å². The van der Waals surface area contributed by atoms with Gasteiger partial charge < -0.3 is 9.47 Å². The number of aryl methyl sites for hydroxylation is 1. The molecule has 2 aromatic heterocycles. The molecule has 3 heterocycles. The maximum Gasteiger partial charge on any atom is 0.259 e. The number of pyridine rings is 1. The van der Waals surface area contributed by atoms with Gasteiger partial charge in [-0.15, -0.1) is 0 Å². The zero-order chi connectivity index (χ0) is 15.6. The lowest BCUT2D eigenvalue weighted by molar-refractivity contribution is 0.0984. The van der Waals surface area contributed by atoms with Gasteiger partial charge in [-0.3, -0.25) is 9.78 Å². The fraction of sp³-hybridized carbons (Fsp3) is 0.158. The summed E-state index contributed by atoms with van der Waals surface area (Å²) < 4.78 is 1.95. The first kappa shape index (κ1) is 13.8. The van der Waals surface area contributed by atoms with Crippen molar-refractivity contribution in [2.75, 3.05) is 11.4 Å². The van der Waals surface area contributed by atoms with Crippen LogP contribution in [0.25, 0.3) is 5.69 Å². The SMILES string of the molecule is O=C(c1cncc(-n2cccc2)c1)N1CCCc2ccccc21. The number of amides is 1. The fourth-order valence-corrected chi connectivity index (χ4v) is 3.09. The Balaban J connectivity index is 1.69. The Morgan fingerprint density at radius 2 is 1.87 bits per heavy atom. The summed E-state index contributed by atoms with van der Waals surface area (Å²) in [4.78, 5) is 19.1. The second-order valence-electron chi connectivity index (χ2n) is 5.71. The van der Waals surface area contributed by atoms with E-state index in [2.05, 4.69) is 11.1 Å². The van der Waals surface area contributed by atoms with Gasteiger partial charge in [-0.1, -0.05) is 18.2 Å². The molecular weight excluding hydrogens is 286 g/mol. The monoisotopic (exact) mass is 303 g/mol. The lowest BCUT2D eigenvalue weighted by Crippen LogP contribution is -2.35. The van der Waals surface area contributed by atoms with Crippen molar-refractivity contribution in [1.29, 1.82) is 0 Å². The van der Waals surface area contributed by atoms with Crippen LogP contribution in [0.1, 0.15) is 22.3 Å². The van der Waals surface area contributed by atoms with Crippen LogP contribution in [0.5, 0.6) is 0 Å². The average molecular weight is 303 g/mol. The molecule has 0 spiro atoms. The summed E-state index contributed by atoms with van der Waals surface area (Å²) in [6, 6.07) is 13.9. The van der Waals surface area contributed by atoms with E-state index in [1.807, 2.05) is 58.3 Å². The standard InChI is InChI=1S/C19H17N3O/c23-19(22-11-5-7-15-6-1-2-8-18(15)22)16-12-17(14-20-13-16)21-9-3-4-10-21/h1-4,6,8-10,12-14H,5,7,11H2. The topological polar surface area (TPSA) is 38.1 Å². The Kier molecular flexibility index (Phi) is 3.42. The molecule has 0 saturated carbocycles. The molecule has 1 aromatic carbocycles. The van der Waals surface area contributed by atoms with Gasteiger partial charge >= 0.3 is 0 Å². The van der Waals surface area contributed by atoms with E-state index in [9.17, 15) is 4.79 Å². The number of nitrogens with zero attached hydrogens (tertiary/aromatic N) is 3. The van der Waals surface area contributed by atoms with Gasteiger partial charge in [-0.25, -0.2) is 0 Å². The number of fused-ring (bicyclic) bond motifs is 1. The Labute approximate surface area is 135 Å². The summed E-state index contributed by atoms with van der Waals surface area (Å²) in [5.41, 5.74) is 3.77. The molecule has 0 aliphatic carbocycles. The smallest absolute Gasteiger partial charge is 0.259 e. The number of rotatable bonds is 2. The minimum absolute atomic E-state index is 0.0126. The van der Waals surface area contributed by atoms with E-state index in [0.717, 1.165) is 30.8 Å². The van der Waals surface area contributed by atoms with Crippen LogP contribution in [-0.4, -0.2) is 22.0 Å². The Hall–Kier alpha value is -2.88. The third-order valence-electron chi connectivity index (χ3n) is 4.23. The molecule has 114 valence electrons. The predicted molar refractivity (Wildman–Crippen MR) is 90.0 cm³/mol. The largest absolute Gasteiger partial charge is 0.322 e. The molecule has 23 heavy (non-hydrogen) atoms. The first-order chi connectivity index (χ1) is 11.3. The molecule has 4 nitrogen and oxygen atoms in total. The van der Waals surface area contributed by atoms with Gasteiger partial charge in [0.05, 0.1) is 17.4 Å². The molecule has 1 aliphatic rings. The molecule has 0 fully saturated rings. The van der Waals surface area contributed by atoms with Crippen LogP contribution in [-0.2, 0) is 6.42 Å². The number of benzene rings is 1. The van der Waals surface area contributed by atoms with E-state index in [-0.39, 0.29) is 5.91 Å². The van der Waals surface area contributed by atoms with Crippen molar-refractivity contribution in [3.63, 3.8) is 0 Å². The van der Waals surface area contributed by atoms with Crippen molar-refractivity contribution < 1.29 is 4.79 Å². The van der Waals surface area contributed by atoms with Crippen LogP contribution in [0.15, 0.2) is 67.3 Å². The highest BCUT2D eigenvalue weighted by atomic mass is 16.2. The number of para-hydroxylation sites is 1. The van der Waals surface area contributed by atoms with Crippen LogP contribution in [0.2, 0.25) is 0 Å². The molecule has 0 N–H and O–H groups in total. The Morgan fingerprint density at radius 3 is 2.74 bits per heavy atom. The molecular formula is C19H17N3O. The molecule has 4 heteroatoms. The van der Waals surface area contributed by atoms with Gasteiger partial charge in [0.15, 0.2) is 0 Å². The quantitative estimate of drug-likeness (QED) is 0.727. The first-order valence-electron chi connectivity index (χ1n) is 7.81. The van der Waals surface area contributed by atoms with Crippen molar-refractivity contribution in [2.45, 2.75) is 12.8 Å². The van der Waals surface area contributed by atoms with Crippen molar-refractivity contribution in [3.05, 3.63) is 78.4 Å². The van der Waals surface area contributed by atoms with Crippen molar-refractivity contribution >= 4 is 11.6 Å². The normalized spacial score (nSPS) is 13.7. The van der Waals surface area contributed by atoms with Crippen molar-refractivity contribution in [3.8, 4) is 5.69 Å². The molecule has 1 amide bonds. The van der Waals surface area contributed by atoms with Gasteiger partial charge in [0.2, 0.25) is 0 Å². The zero-order valence-electron chi connectivity index (χ0n) is 12.7. The average Bonchev–Trinajstić information content (AvgIpc) is 3.15. The van der Waals surface area contributed by atoms with E-state index in [4.69, 9.17) is 0 Å². The number of carbonyl (C=O) groups is 1. The Bertz CT molecular complexity index is 839. The minimum Gasteiger partial charge on any atom is -0.322 e. The molecule has 0 radical (unpaired) electrons. The predicted octanol–water partition coefficient (Wildman–Crippen LogP) is 3.47. The van der Waals surface area contributed by atoms with E-state index in [0.29, 0.717) is 5.56 Å². The summed E-state index contributed by atoms with van der Waals surface area (Å²) in [7, 11) is 0. The molecule has 0 bridgehead atoms. The summed E-state index contributed by atoms with van der Waals surface area (Å²) in [6.07, 6.45) is 9.32. The van der Waals surface area contributed by atoms with Gasteiger partial charge in [-0.05, 0) is 42.7 Å². The van der Waals surface area contributed by atoms with E-state index >= 15 is 0 Å². The van der Waals surface area contributed by atoms with Crippen molar-refractivity contribution in [1.82, 2.24) is 9.55 Å². The molecule has 4 rings (SSSR count). The number of aromatic nitrogens is 2. The third-order valence-corrected chi connectivity index (χ3v) is 4.23. The van der Waals surface area contributed by atoms with Crippen LogP contribution in [0, 0.1) is 0 Å². The van der Waals surface area contributed by atoms with Gasteiger partial charge in [-0.2, -0.15) is 0 Å². The van der Waals surface area contributed by atoms with Gasteiger partial charge in [0, 0.05) is 30.8 Å². The molecule has 3 aromatic rings. The fourth-order valence-electron chi connectivity index (χ4n) is 3.09. The molecule has 1 aliphatic heterocycles. The third kappa shape index (κ3) is 2.52. The van der Waals surface area contributed by atoms with E-state index in [1.54, 1.807) is 12.4 Å². The second-order valence-corrected chi connectivity index (χ2v) is 5.71. The zero-order valence-corrected chi connectivity index (χ0v) is 12.7. The maximum absolute atomic E-state index is 13.0. The molecule has 0 unspecified atom stereocenters. The summed E-state index contributed by atoms with van der Waals surface area (Å²) >= 11 is 0. The molecule has 0 atom stereocenters. The van der Waals surface area contributed by atoms with E-state index in [1.165, 1.54) is 5.56 Å². The van der Waals surface area contributed by atoms with Gasteiger partial charge in [0.25, 0.3) is 5.91 Å². The highest BCUT2D eigenvalue weighted by Gasteiger charge is 2.23. The lowest BCUT2D eigenvalue weighted by atomic mass is 10.0. The number of hydrogen-bond acceptors (Lipinski definition) is 2. The first-order valence-corrected chi connectivity index (χ1v) is 7.81. The summed E-state index contributed by atoms with van der Waals surface area (Å²) in [5, 5.41) is 0. The highest BCUT2D eigenvalue weighted by Crippen LogP contribution is 2.28. The van der Waals surface area contributed by atoms with E-state index < -0.39 is 0 Å². The van der Waals surface area contributed by atoms with Crippen LogP contribution in [0.3, 0.4) is 0 Å². The maximum atomic E-state index is 13.0. The van der Waals surface area contributed by atoms with Crippen LogP contribution >= 0.6 is 0 Å². The van der Waals surface area contributed by atoms with Crippen molar-refractivity contribution in [2.24, 2.45) is 0 Å². The number of hydrogen-bond donors (Lipinski definition) is 0. The molecule has 0 saturated heterocycles. The number of anilines is 1. The Morgan fingerprint density at radius 1 is 1.04 bits per heavy atom. The minimum atomic E-state index is 0.0126.